The van der Waals surface area contributed by atoms with Crippen LogP contribution in [-0.4, -0.2) is 30.4 Å². The van der Waals surface area contributed by atoms with Crippen molar-refractivity contribution in [2.45, 2.75) is 44.1 Å². The van der Waals surface area contributed by atoms with Gasteiger partial charge in [-0.25, -0.2) is 0 Å². The molecule has 1 aromatic carbocycles. The van der Waals surface area contributed by atoms with E-state index in [0.717, 1.165) is 43.4 Å². The monoisotopic (exact) mass is 301 g/mol. The van der Waals surface area contributed by atoms with Gasteiger partial charge in [-0.05, 0) is 24.5 Å². The Bertz CT molecular complexity index is 579. The SMILES string of the molecule is NC1(C(=O)NCCN2C(=O)Cc3ccccc32)CCCCC1. The van der Waals surface area contributed by atoms with Crippen molar-refractivity contribution in [3.63, 3.8) is 0 Å². The number of nitrogens with one attached hydrogen (secondary N) is 1. The molecule has 2 aliphatic rings. The number of anilines is 1. The van der Waals surface area contributed by atoms with Crippen LogP contribution in [0.4, 0.5) is 5.69 Å². The maximum Gasteiger partial charge on any atom is 0.240 e. The molecule has 5 nitrogen and oxygen atoms in total. The first-order chi connectivity index (χ1) is 10.6. The molecular formula is C17H23N3O2. The van der Waals surface area contributed by atoms with E-state index in [9.17, 15) is 9.59 Å². The maximum absolute atomic E-state index is 12.3. The highest BCUT2D eigenvalue weighted by atomic mass is 16.2. The number of benzene rings is 1. The summed E-state index contributed by atoms with van der Waals surface area (Å²) in [6.07, 6.45) is 5.15. The maximum atomic E-state index is 12.3. The van der Waals surface area contributed by atoms with Crippen molar-refractivity contribution in [3.8, 4) is 0 Å². The summed E-state index contributed by atoms with van der Waals surface area (Å²) in [4.78, 5) is 26.1. The van der Waals surface area contributed by atoms with Gasteiger partial charge in [0.25, 0.3) is 0 Å². The van der Waals surface area contributed by atoms with E-state index >= 15 is 0 Å². The van der Waals surface area contributed by atoms with Gasteiger partial charge in [-0.15, -0.1) is 0 Å². The number of hydrogen-bond donors (Lipinski definition) is 2. The predicted molar refractivity (Wildman–Crippen MR) is 85.5 cm³/mol. The Kier molecular flexibility index (Phi) is 4.16. The van der Waals surface area contributed by atoms with E-state index in [2.05, 4.69) is 5.32 Å². The minimum atomic E-state index is -0.717. The van der Waals surface area contributed by atoms with Gasteiger partial charge in [0, 0.05) is 18.8 Å². The zero-order valence-corrected chi connectivity index (χ0v) is 12.8. The third-order valence-corrected chi connectivity index (χ3v) is 4.74. The number of rotatable bonds is 4. The second-order valence-corrected chi connectivity index (χ2v) is 6.32. The van der Waals surface area contributed by atoms with Crippen LogP contribution in [0, 0.1) is 0 Å². The molecule has 2 amide bonds. The Morgan fingerprint density at radius 2 is 1.95 bits per heavy atom. The van der Waals surface area contributed by atoms with E-state index in [1.54, 1.807) is 4.90 Å². The fourth-order valence-corrected chi connectivity index (χ4v) is 3.43. The molecule has 0 spiro atoms. The van der Waals surface area contributed by atoms with Crippen molar-refractivity contribution in [2.75, 3.05) is 18.0 Å². The normalized spacial score (nSPS) is 19.9. The molecule has 0 radical (unpaired) electrons. The standard InChI is InChI=1S/C17H23N3O2/c18-17(8-4-1-5-9-17)16(22)19-10-11-20-14-7-3-2-6-13(14)12-15(20)21/h2-3,6-7H,1,4-5,8-12,18H2,(H,19,22). The van der Waals surface area contributed by atoms with Crippen molar-refractivity contribution in [3.05, 3.63) is 29.8 Å². The molecule has 1 aliphatic heterocycles. The van der Waals surface area contributed by atoms with E-state index in [1.807, 2.05) is 24.3 Å². The van der Waals surface area contributed by atoms with Gasteiger partial charge in [-0.3, -0.25) is 9.59 Å². The molecule has 1 aliphatic carbocycles. The largest absolute Gasteiger partial charge is 0.353 e. The van der Waals surface area contributed by atoms with Gasteiger partial charge in [0.2, 0.25) is 11.8 Å². The fourth-order valence-electron chi connectivity index (χ4n) is 3.43. The zero-order valence-electron chi connectivity index (χ0n) is 12.8. The molecule has 118 valence electrons. The third kappa shape index (κ3) is 2.86. The summed E-state index contributed by atoms with van der Waals surface area (Å²) in [6.45, 7) is 0.940. The number of para-hydroxylation sites is 1. The van der Waals surface area contributed by atoms with Crippen LogP contribution in [0.5, 0.6) is 0 Å². The van der Waals surface area contributed by atoms with E-state index in [-0.39, 0.29) is 11.8 Å². The number of fused-ring (bicyclic) bond motifs is 1. The minimum absolute atomic E-state index is 0.0767. The molecule has 1 heterocycles. The molecule has 1 saturated carbocycles. The first kappa shape index (κ1) is 15.0. The zero-order chi connectivity index (χ0) is 15.6. The smallest absolute Gasteiger partial charge is 0.240 e. The fraction of sp³-hybridized carbons (Fsp3) is 0.529. The van der Waals surface area contributed by atoms with Crippen LogP contribution in [-0.2, 0) is 16.0 Å². The van der Waals surface area contributed by atoms with E-state index in [4.69, 9.17) is 5.73 Å². The van der Waals surface area contributed by atoms with Crippen LogP contribution in [0.2, 0.25) is 0 Å². The molecule has 3 N–H and O–H groups in total. The molecule has 0 aromatic heterocycles. The van der Waals surface area contributed by atoms with Gasteiger partial charge in [0.15, 0.2) is 0 Å². The van der Waals surface area contributed by atoms with Crippen LogP contribution in [0.15, 0.2) is 24.3 Å². The summed E-state index contributed by atoms with van der Waals surface area (Å²) in [5.41, 5.74) is 7.51. The second-order valence-electron chi connectivity index (χ2n) is 6.32. The highest BCUT2D eigenvalue weighted by Crippen LogP contribution is 2.28. The van der Waals surface area contributed by atoms with Gasteiger partial charge in [-0.1, -0.05) is 37.5 Å². The average molecular weight is 301 g/mol. The highest BCUT2D eigenvalue weighted by molar-refractivity contribution is 6.01. The Balaban J connectivity index is 1.55. The van der Waals surface area contributed by atoms with Gasteiger partial charge in [0.1, 0.15) is 0 Å². The number of carbonyl (C=O) groups is 2. The minimum Gasteiger partial charge on any atom is -0.353 e. The lowest BCUT2D eigenvalue weighted by Gasteiger charge is -2.32. The Morgan fingerprint density at radius 1 is 1.23 bits per heavy atom. The van der Waals surface area contributed by atoms with Gasteiger partial charge >= 0.3 is 0 Å². The molecule has 3 rings (SSSR count). The molecule has 5 heteroatoms. The van der Waals surface area contributed by atoms with Crippen LogP contribution in [0.25, 0.3) is 0 Å². The lowest BCUT2D eigenvalue weighted by atomic mass is 9.82. The first-order valence-electron chi connectivity index (χ1n) is 8.06. The lowest BCUT2D eigenvalue weighted by molar-refractivity contribution is -0.127. The number of hydrogen-bond acceptors (Lipinski definition) is 3. The summed E-state index contributed by atoms with van der Waals surface area (Å²) in [5, 5.41) is 2.91. The van der Waals surface area contributed by atoms with Crippen LogP contribution in [0.1, 0.15) is 37.7 Å². The topological polar surface area (TPSA) is 75.4 Å². The quantitative estimate of drug-likeness (QED) is 0.881. The summed E-state index contributed by atoms with van der Waals surface area (Å²) in [5.74, 6) is 0.0164. The van der Waals surface area contributed by atoms with Crippen LogP contribution >= 0.6 is 0 Å². The van der Waals surface area contributed by atoms with Crippen molar-refractivity contribution >= 4 is 17.5 Å². The van der Waals surface area contributed by atoms with Crippen LogP contribution in [0.3, 0.4) is 0 Å². The van der Waals surface area contributed by atoms with Crippen molar-refractivity contribution in [1.82, 2.24) is 5.32 Å². The molecule has 22 heavy (non-hydrogen) atoms. The molecule has 0 atom stereocenters. The average Bonchev–Trinajstić information content (AvgIpc) is 2.84. The lowest BCUT2D eigenvalue weighted by Crippen LogP contribution is -2.55. The number of carbonyl (C=O) groups excluding carboxylic acids is 2. The summed E-state index contributed by atoms with van der Waals surface area (Å²) in [7, 11) is 0. The Labute approximate surface area is 130 Å². The first-order valence-corrected chi connectivity index (χ1v) is 8.06. The predicted octanol–water partition coefficient (Wildman–Crippen LogP) is 1.35. The third-order valence-electron chi connectivity index (χ3n) is 4.74. The number of nitrogens with zero attached hydrogens (tertiary/aromatic N) is 1. The summed E-state index contributed by atoms with van der Waals surface area (Å²) < 4.78 is 0. The van der Waals surface area contributed by atoms with Crippen molar-refractivity contribution < 1.29 is 9.59 Å². The van der Waals surface area contributed by atoms with Gasteiger partial charge in [-0.2, -0.15) is 0 Å². The molecular weight excluding hydrogens is 278 g/mol. The number of nitrogens with two attached hydrogens (primary N) is 1. The number of amides is 2. The highest BCUT2D eigenvalue weighted by Gasteiger charge is 2.35. The van der Waals surface area contributed by atoms with Gasteiger partial charge in [0.05, 0.1) is 12.0 Å². The van der Waals surface area contributed by atoms with Crippen molar-refractivity contribution in [1.29, 1.82) is 0 Å². The van der Waals surface area contributed by atoms with Crippen LogP contribution < -0.4 is 16.0 Å². The molecule has 0 bridgehead atoms. The Hall–Kier alpha value is -1.88. The van der Waals surface area contributed by atoms with E-state index in [1.165, 1.54) is 0 Å². The molecule has 1 aromatic rings. The summed E-state index contributed by atoms with van der Waals surface area (Å²) in [6, 6.07) is 7.80. The molecule has 1 fully saturated rings. The Morgan fingerprint density at radius 3 is 2.73 bits per heavy atom. The summed E-state index contributed by atoms with van der Waals surface area (Å²) >= 11 is 0. The van der Waals surface area contributed by atoms with E-state index in [0.29, 0.717) is 19.5 Å². The molecule has 0 unspecified atom stereocenters. The second kappa shape index (κ2) is 6.08. The van der Waals surface area contributed by atoms with E-state index < -0.39 is 5.54 Å². The molecule has 0 saturated heterocycles. The van der Waals surface area contributed by atoms with Crippen molar-refractivity contribution in [2.24, 2.45) is 5.73 Å². The van der Waals surface area contributed by atoms with Gasteiger partial charge < -0.3 is 16.0 Å².